The van der Waals surface area contributed by atoms with Crippen LogP contribution in [0.2, 0.25) is 0 Å². The van der Waals surface area contributed by atoms with Gasteiger partial charge >= 0.3 is 11.9 Å². The molecule has 0 aromatic heterocycles. The lowest BCUT2D eigenvalue weighted by Crippen LogP contribution is -2.36. The van der Waals surface area contributed by atoms with Crippen molar-refractivity contribution in [3.05, 3.63) is 35.9 Å². The van der Waals surface area contributed by atoms with Crippen LogP contribution in [0.15, 0.2) is 30.3 Å². The second-order valence-electron chi connectivity index (χ2n) is 5.43. The summed E-state index contributed by atoms with van der Waals surface area (Å²) in [6.07, 6.45) is -0.460. The van der Waals surface area contributed by atoms with Crippen LogP contribution >= 0.6 is 0 Å². The van der Waals surface area contributed by atoms with Crippen LogP contribution in [0.1, 0.15) is 38.1 Å². The van der Waals surface area contributed by atoms with Crippen molar-refractivity contribution >= 4 is 11.9 Å². The number of benzene rings is 1. The SMILES string of the molecule is CC(=O)OC(COC(=O)c1ccccc1)C(C)(C)C. The lowest BCUT2D eigenvalue weighted by Gasteiger charge is -2.29. The van der Waals surface area contributed by atoms with Crippen LogP contribution in [0, 0.1) is 5.41 Å². The van der Waals surface area contributed by atoms with Gasteiger partial charge in [0.2, 0.25) is 0 Å². The first kappa shape index (κ1) is 15.2. The third-order valence-corrected chi connectivity index (χ3v) is 2.65. The van der Waals surface area contributed by atoms with Gasteiger partial charge in [0, 0.05) is 12.3 Å². The molecule has 0 saturated heterocycles. The number of carbonyl (C=O) groups is 2. The molecule has 0 fully saturated rings. The predicted octanol–water partition coefficient (Wildman–Crippen LogP) is 2.82. The molecule has 0 heterocycles. The third kappa shape index (κ3) is 5.12. The summed E-state index contributed by atoms with van der Waals surface area (Å²) < 4.78 is 10.4. The molecule has 1 atom stereocenters. The van der Waals surface area contributed by atoms with Crippen molar-refractivity contribution in [3.63, 3.8) is 0 Å². The Balaban J connectivity index is 2.62. The van der Waals surface area contributed by atoms with Crippen LogP contribution in [0.25, 0.3) is 0 Å². The fourth-order valence-corrected chi connectivity index (χ4v) is 1.47. The van der Waals surface area contributed by atoms with Gasteiger partial charge in [-0.15, -0.1) is 0 Å². The second-order valence-corrected chi connectivity index (χ2v) is 5.43. The Morgan fingerprint density at radius 1 is 1.16 bits per heavy atom. The minimum Gasteiger partial charge on any atom is -0.458 e. The van der Waals surface area contributed by atoms with E-state index >= 15 is 0 Å². The van der Waals surface area contributed by atoms with Gasteiger partial charge in [0.25, 0.3) is 0 Å². The molecule has 0 aliphatic rings. The Morgan fingerprint density at radius 3 is 2.21 bits per heavy atom. The van der Waals surface area contributed by atoms with E-state index in [0.29, 0.717) is 5.56 Å². The molecule has 0 saturated carbocycles. The lowest BCUT2D eigenvalue weighted by molar-refractivity contribution is -0.155. The highest BCUT2D eigenvalue weighted by Gasteiger charge is 2.29. The maximum absolute atomic E-state index is 11.8. The van der Waals surface area contributed by atoms with E-state index in [1.54, 1.807) is 24.3 Å². The second kappa shape index (κ2) is 6.36. The lowest BCUT2D eigenvalue weighted by atomic mass is 9.89. The molecule has 104 valence electrons. The monoisotopic (exact) mass is 264 g/mol. The molecule has 4 heteroatoms. The minimum atomic E-state index is -0.460. The van der Waals surface area contributed by atoms with Gasteiger partial charge < -0.3 is 9.47 Å². The summed E-state index contributed by atoms with van der Waals surface area (Å²) in [5.74, 6) is -0.794. The van der Waals surface area contributed by atoms with Crippen molar-refractivity contribution in [2.24, 2.45) is 5.41 Å². The molecular formula is C15H20O4. The van der Waals surface area contributed by atoms with Gasteiger partial charge in [-0.25, -0.2) is 4.79 Å². The number of rotatable bonds is 4. The van der Waals surface area contributed by atoms with Crippen LogP contribution in [-0.2, 0) is 14.3 Å². The predicted molar refractivity (Wildman–Crippen MR) is 71.7 cm³/mol. The zero-order valence-corrected chi connectivity index (χ0v) is 11.8. The molecule has 0 bridgehead atoms. The molecule has 0 spiro atoms. The van der Waals surface area contributed by atoms with Crippen LogP contribution in [0.5, 0.6) is 0 Å². The molecule has 0 aliphatic heterocycles. The average Bonchev–Trinajstić information content (AvgIpc) is 2.33. The summed E-state index contributed by atoms with van der Waals surface area (Å²) in [5, 5.41) is 0. The number of ether oxygens (including phenoxy) is 2. The van der Waals surface area contributed by atoms with Gasteiger partial charge in [0.05, 0.1) is 5.56 Å². The Hall–Kier alpha value is -1.84. The molecule has 1 aromatic carbocycles. The van der Waals surface area contributed by atoms with Gasteiger partial charge in [-0.1, -0.05) is 39.0 Å². The Kier molecular flexibility index (Phi) is 5.10. The molecule has 0 radical (unpaired) electrons. The standard InChI is InChI=1S/C15H20O4/c1-11(16)19-13(15(2,3)4)10-18-14(17)12-8-6-5-7-9-12/h5-9,13H,10H2,1-4H3. The van der Waals surface area contributed by atoms with E-state index in [1.165, 1.54) is 6.92 Å². The molecule has 4 nitrogen and oxygen atoms in total. The Labute approximate surface area is 113 Å². The highest BCUT2D eigenvalue weighted by Crippen LogP contribution is 2.23. The summed E-state index contributed by atoms with van der Waals surface area (Å²) in [6, 6.07) is 8.72. The van der Waals surface area contributed by atoms with Crippen molar-refractivity contribution in [3.8, 4) is 0 Å². The fourth-order valence-electron chi connectivity index (χ4n) is 1.47. The normalized spacial score (nSPS) is 12.6. The van der Waals surface area contributed by atoms with E-state index in [0.717, 1.165) is 0 Å². The number of carbonyl (C=O) groups excluding carboxylic acids is 2. The molecule has 1 unspecified atom stereocenters. The quantitative estimate of drug-likeness (QED) is 0.785. The molecule has 1 aromatic rings. The largest absolute Gasteiger partial charge is 0.458 e. The minimum absolute atomic E-state index is 0.0524. The molecule has 0 aliphatic carbocycles. The number of hydrogen-bond acceptors (Lipinski definition) is 4. The number of esters is 2. The van der Waals surface area contributed by atoms with Gasteiger partial charge in [0.15, 0.2) is 0 Å². The van der Waals surface area contributed by atoms with Gasteiger partial charge in [-0.05, 0) is 12.1 Å². The zero-order valence-electron chi connectivity index (χ0n) is 11.8. The molecule has 1 rings (SSSR count). The molecule has 0 amide bonds. The first-order valence-electron chi connectivity index (χ1n) is 6.20. The first-order chi connectivity index (χ1) is 8.80. The molecule has 19 heavy (non-hydrogen) atoms. The van der Waals surface area contributed by atoms with Gasteiger partial charge in [-0.2, -0.15) is 0 Å². The average molecular weight is 264 g/mol. The van der Waals surface area contributed by atoms with E-state index in [9.17, 15) is 9.59 Å². The van der Waals surface area contributed by atoms with Crippen molar-refractivity contribution in [1.29, 1.82) is 0 Å². The summed E-state index contributed by atoms with van der Waals surface area (Å²) >= 11 is 0. The van der Waals surface area contributed by atoms with E-state index < -0.39 is 12.1 Å². The highest BCUT2D eigenvalue weighted by molar-refractivity contribution is 5.89. The van der Waals surface area contributed by atoms with Crippen LogP contribution in [0.3, 0.4) is 0 Å². The van der Waals surface area contributed by atoms with Crippen molar-refractivity contribution < 1.29 is 19.1 Å². The summed E-state index contributed by atoms with van der Waals surface area (Å²) in [7, 11) is 0. The van der Waals surface area contributed by atoms with Gasteiger partial charge in [-0.3, -0.25) is 4.79 Å². The fraction of sp³-hybridized carbons (Fsp3) is 0.467. The highest BCUT2D eigenvalue weighted by atomic mass is 16.6. The maximum atomic E-state index is 11.8. The summed E-state index contributed by atoms with van der Waals surface area (Å²) in [5.41, 5.74) is 0.195. The maximum Gasteiger partial charge on any atom is 0.338 e. The van der Waals surface area contributed by atoms with Crippen LogP contribution in [0.4, 0.5) is 0 Å². The van der Waals surface area contributed by atoms with E-state index in [-0.39, 0.29) is 18.0 Å². The van der Waals surface area contributed by atoms with E-state index in [2.05, 4.69) is 0 Å². The topological polar surface area (TPSA) is 52.6 Å². The smallest absolute Gasteiger partial charge is 0.338 e. The third-order valence-electron chi connectivity index (χ3n) is 2.65. The van der Waals surface area contributed by atoms with E-state index in [1.807, 2.05) is 26.8 Å². The molecular weight excluding hydrogens is 244 g/mol. The summed E-state index contributed by atoms with van der Waals surface area (Å²) in [6.45, 7) is 7.18. The zero-order chi connectivity index (χ0) is 14.5. The Morgan fingerprint density at radius 2 is 1.74 bits per heavy atom. The van der Waals surface area contributed by atoms with Crippen LogP contribution < -0.4 is 0 Å². The summed E-state index contributed by atoms with van der Waals surface area (Å²) in [4.78, 5) is 22.9. The van der Waals surface area contributed by atoms with Gasteiger partial charge in [0.1, 0.15) is 12.7 Å². The van der Waals surface area contributed by atoms with E-state index in [4.69, 9.17) is 9.47 Å². The van der Waals surface area contributed by atoms with Crippen molar-refractivity contribution in [2.75, 3.05) is 6.61 Å². The van der Waals surface area contributed by atoms with Crippen molar-refractivity contribution in [1.82, 2.24) is 0 Å². The van der Waals surface area contributed by atoms with Crippen molar-refractivity contribution in [2.45, 2.75) is 33.8 Å². The Bertz CT molecular complexity index is 431. The molecule has 0 N–H and O–H groups in total. The first-order valence-corrected chi connectivity index (χ1v) is 6.20. The number of hydrogen-bond donors (Lipinski definition) is 0. The van der Waals surface area contributed by atoms with Crippen LogP contribution in [-0.4, -0.2) is 24.6 Å².